The van der Waals surface area contributed by atoms with E-state index in [4.69, 9.17) is 5.11 Å². The SMILES string of the molecule is COC(=O)C(C/C=C(/C)CO)C(=O)OC. The molecule has 0 aromatic heterocycles. The second-order valence-corrected chi connectivity index (χ2v) is 3.04. The number of aliphatic hydroxyl groups excluding tert-OH is 1. The summed E-state index contributed by atoms with van der Waals surface area (Å²) in [5.41, 5.74) is 0.688. The fourth-order valence-corrected chi connectivity index (χ4v) is 0.957. The van der Waals surface area contributed by atoms with Crippen LogP contribution in [0.15, 0.2) is 11.6 Å². The summed E-state index contributed by atoms with van der Waals surface area (Å²) in [5.74, 6) is -2.23. The van der Waals surface area contributed by atoms with E-state index in [1.165, 1.54) is 14.2 Å². The number of allylic oxidation sites excluding steroid dienone is 1. The summed E-state index contributed by atoms with van der Waals surface area (Å²) in [5, 5.41) is 8.74. The monoisotopic (exact) mass is 216 g/mol. The summed E-state index contributed by atoms with van der Waals surface area (Å²) >= 11 is 0. The third-order valence-corrected chi connectivity index (χ3v) is 1.92. The molecule has 0 spiro atoms. The number of aliphatic hydroxyl groups is 1. The van der Waals surface area contributed by atoms with Gasteiger partial charge >= 0.3 is 11.9 Å². The number of hydrogen-bond donors (Lipinski definition) is 1. The normalized spacial score (nSPS) is 11.4. The Balaban J connectivity index is 4.52. The molecule has 5 nitrogen and oxygen atoms in total. The van der Waals surface area contributed by atoms with Crippen molar-refractivity contribution in [3.63, 3.8) is 0 Å². The van der Waals surface area contributed by atoms with Crippen LogP contribution >= 0.6 is 0 Å². The molecule has 0 amide bonds. The molecule has 0 aliphatic rings. The fraction of sp³-hybridized carbons (Fsp3) is 0.600. The molecule has 0 unspecified atom stereocenters. The molecule has 0 aromatic carbocycles. The highest BCUT2D eigenvalue weighted by atomic mass is 16.5. The van der Waals surface area contributed by atoms with Gasteiger partial charge in [-0.3, -0.25) is 9.59 Å². The Morgan fingerprint density at radius 3 is 2.07 bits per heavy atom. The van der Waals surface area contributed by atoms with Gasteiger partial charge in [-0.15, -0.1) is 0 Å². The van der Waals surface area contributed by atoms with Crippen LogP contribution in [-0.2, 0) is 19.1 Å². The first-order valence-electron chi connectivity index (χ1n) is 4.49. The van der Waals surface area contributed by atoms with E-state index < -0.39 is 17.9 Å². The molecule has 0 fully saturated rings. The highest BCUT2D eigenvalue weighted by Crippen LogP contribution is 2.10. The number of esters is 2. The number of rotatable bonds is 5. The largest absolute Gasteiger partial charge is 0.468 e. The van der Waals surface area contributed by atoms with E-state index in [0.717, 1.165) is 0 Å². The summed E-state index contributed by atoms with van der Waals surface area (Å²) in [7, 11) is 2.42. The first kappa shape index (κ1) is 13.6. The van der Waals surface area contributed by atoms with Crippen molar-refractivity contribution in [3.8, 4) is 0 Å². The highest BCUT2D eigenvalue weighted by molar-refractivity contribution is 5.94. The fourth-order valence-electron chi connectivity index (χ4n) is 0.957. The second-order valence-electron chi connectivity index (χ2n) is 3.04. The number of carbonyl (C=O) groups excluding carboxylic acids is 2. The van der Waals surface area contributed by atoms with Gasteiger partial charge in [0.2, 0.25) is 0 Å². The van der Waals surface area contributed by atoms with Gasteiger partial charge in [-0.1, -0.05) is 11.6 Å². The zero-order chi connectivity index (χ0) is 11.8. The molecule has 0 rings (SSSR count). The van der Waals surface area contributed by atoms with Crippen molar-refractivity contribution in [2.45, 2.75) is 13.3 Å². The first-order chi connectivity index (χ1) is 7.06. The number of ether oxygens (including phenoxy) is 2. The van der Waals surface area contributed by atoms with Gasteiger partial charge in [-0.2, -0.15) is 0 Å². The van der Waals surface area contributed by atoms with Gasteiger partial charge in [0.25, 0.3) is 0 Å². The molecule has 0 saturated carbocycles. The van der Waals surface area contributed by atoms with E-state index in [1.807, 2.05) is 0 Å². The molecule has 0 saturated heterocycles. The molecule has 0 heterocycles. The first-order valence-corrected chi connectivity index (χ1v) is 4.49. The van der Waals surface area contributed by atoms with Crippen LogP contribution < -0.4 is 0 Å². The molecule has 1 N–H and O–H groups in total. The predicted octanol–water partition coefficient (Wildman–Crippen LogP) is 0.277. The van der Waals surface area contributed by atoms with E-state index in [2.05, 4.69) is 9.47 Å². The maximum Gasteiger partial charge on any atom is 0.320 e. The Bertz CT molecular complexity index is 241. The standard InChI is InChI=1S/C10H16O5/c1-7(6-11)4-5-8(9(12)14-2)10(13)15-3/h4,8,11H,5-6H2,1-3H3/b7-4-. The molecule has 0 radical (unpaired) electrons. The Morgan fingerprint density at radius 2 is 1.73 bits per heavy atom. The van der Waals surface area contributed by atoms with Gasteiger partial charge in [0.15, 0.2) is 5.92 Å². The Morgan fingerprint density at radius 1 is 1.27 bits per heavy atom. The zero-order valence-electron chi connectivity index (χ0n) is 9.15. The summed E-state index contributed by atoms with van der Waals surface area (Å²) in [4.78, 5) is 22.4. The van der Waals surface area contributed by atoms with E-state index in [9.17, 15) is 9.59 Å². The average molecular weight is 216 g/mol. The minimum atomic E-state index is -0.957. The van der Waals surface area contributed by atoms with Gasteiger partial charge in [0.1, 0.15) is 0 Å². The van der Waals surface area contributed by atoms with Crippen LogP contribution in [0.5, 0.6) is 0 Å². The lowest BCUT2D eigenvalue weighted by molar-refractivity contribution is -0.158. The van der Waals surface area contributed by atoms with Crippen molar-refractivity contribution in [3.05, 3.63) is 11.6 Å². The quantitative estimate of drug-likeness (QED) is 0.406. The summed E-state index contributed by atoms with van der Waals surface area (Å²) in [6, 6.07) is 0. The van der Waals surface area contributed by atoms with Crippen LogP contribution in [0.25, 0.3) is 0 Å². The lowest BCUT2D eigenvalue weighted by Gasteiger charge is -2.10. The van der Waals surface area contributed by atoms with E-state index >= 15 is 0 Å². The van der Waals surface area contributed by atoms with Crippen molar-refractivity contribution < 1.29 is 24.2 Å². The van der Waals surface area contributed by atoms with Gasteiger partial charge in [0.05, 0.1) is 20.8 Å². The van der Waals surface area contributed by atoms with Crippen molar-refractivity contribution >= 4 is 11.9 Å². The average Bonchev–Trinajstić information content (AvgIpc) is 2.27. The van der Waals surface area contributed by atoms with E-state index in [-0.39, 0.29) is 13.0 Å². The second kappa shape index (κ2) is 7.00. The minimum Gasteiger partial charge on any atom is -0.468 e. The molecule has 0 atom stereocenters. The van der Waals surface area contributed by atoms with Crippen LogP contribution in [0, 0.1) is 5.92 Å². The maximum absolute atomic E-state index is 11.2. The van der Waals surface area contributed by atoms with Crippen molar-refractivity contribution in [1.29, 1.82) is 0 Å². The van der Waals surface area contributed by atoms with Crippen molar-refractivity contribution in [1.82, 2.24) is 0 Å². The van der Waals surface area contributed by atoms with Crippen LogP contribution in [0.4, 0.5) is 0 Å². The number of methoxy groups -OCH3 is 2. The minimum absolute atomic E-state index is 0.102. The van der Waals surface area contributed by atoms with Gasteiger partial charge in [-0.25, -0.2) is 0 Å². The molecule has 0 bridgehead atoms. The summed E-state index contributed by atoms with van der Waals surface area (Å²) < 4.78 is 8.94. The zero-order valence-corrected chi connectivity index (χ0v) is 9.15. The van der Waals surface area contributed by atoms with Crippen molar-refractivity contribution in [2.24, 2.45) is 5.92 Å². The molecule has 0 aliphatic heterocycles. The molecule has 86 valence electrons. The van der Waals surface area contributed by atoms with Gasteiger partial charge in [-0.05, 0) is 13.3 Å². The molecule has 15 heavy (non-hydrogen) atoms. The van der Waals surface area contributed by atoms with E-state index in [1.54, 1.807) is 13.0 Å². The third kappa shape index (κ3) is 4.60. The molecule has 5 heteroatoms. The highest BCUT2D eigenvalue weighted by Gasteiger charge is 2.27. The number of hydrogen-bond acceptors (Lipinski definition) is 5. The van der Waals surface area contributed by atoms with Gasteiger partial charge in [0, 0.05) is 0 Å². The lowest BCUT2D eigenvalue weighted by Crippen LogP contribution is -2.26. The molecular weight excluding hydrogens is 200 g/mol. The summed E-state index contributed by atoms with van der Waals surface area (Å²) in [6.07, 6.45) is 1.78. The summed E-state index contributed by atoms with van der Waals surface area (Å²) in [6.45, 7) is 1.60. The van der Waals surface area contributed by atoms with Crippen molar-refractivity contribution in [2.75, 3.05) is 20.8 Å². The van der Waals surface area contributed by atoms with Crippen LogP contribution in [0.1, 0.15) is 13.3 Å². The van der Waals surface area contributed by atoms with E-state index in [0.29, 0.717) is 5.57 Å². The predicted molar refractivity (Wildman–Crippen MR) is 53.0 cm³/mol. The Kier molecular flexibility index (Phi) is 6.37. The maximum atomic E-state index is 11.2. The number of carbonyl (C=O) groups is 2. The van der Waals surface area contributed by atoms with Gasteiger partial charge < -0.3 is 14.6 Å². The molecule has 0 aliphatic carbocycles. The molecule has 0 aromatic rings. The Hall–Kier alpha value is -1.36. The Labute approximate surface area is 88.7 Å². The van der Waals surface area contributed by atoms with Crippen LogP contribution in [-0.4, -0.2) is 37.9 Å². The van der Waals surface area contributed by atoms with Crippen LogP contribution in [0.3, 0.4) is 0 Å². The lowest BCUT2D eigenvalue weighted by atomic mass is 10.0. The topological polar surface area (TPSA) is 72.8 Å². The third-order valence-electron chi connectivity index (χ3n) is 1.92. The van der Waals surface area contributed by atoms with Crippen LogP contribution in [0.2, 0.25) is 0 Å². The smallest absolute Gasteiger partial charge is 0.320 e. The molecular formula is C10H16O5.